The van der Waals surface area contributed by atoms with Crippen LogP contribution in [0.1, 0.15) is 6.42 Å². The SMILES string of the molecule is Nc1ccccc1NC(=O)CCS(=O)(=O)c1ccccc1. The molecule has 0 aliphatic carbocycles. The summed E-state index contributed by atoms with van der Waals surface area (Å²) in [4.78, 5) is 12.0. The predicted molar refractivity (Wildman–Crippen MR) is 82.6 cm³/mol. The van der Waals surface area contributed by atoms with E-state index in [1.165, 1.54) is 12.1 Å². The fraction of sp³-hybridized carbons (Fsp3) is 0.133. The standard InChI is InChI=1S/C15H16N2O3S/c16-13-8-4-5-9-14(13)17-15(18)10-11-21(19,20)12-6-2-1-3-7-12/h1-9H,10-11,16H2,(H,17,18). The van der Waals surface area contributed by atoms with Crippen LogP contribution < -0.4 is 11.1 Å². The molecular weight excluding hydrogens is 288 g/mol. The third kappa shape index (κ3) is 4.06. The van der Waals surface area contributed by atoms with E-state index in [0.717, 1.165) is 0 Å². The normalized spacial score (nSPS) is 11.0. The number of carbonyl (C=O) groups excluding carboxylic acids is 1. The molecule has 0 aliphatic rings. The van der Waals surface area contributed by atoms with E-state index >= 15 is 0 Å². The van der Waals surface area contributed by atoms with Crippen LogP contribution >= 0.6 is 0 Å². The summed E-state index contributed by atoms with van der Waals surface area (Å²) in [5.41, 5.74) is 6.64. The van der Waals surface area contributed by atoms with Gasteiger partial charge in [-0.25, -0.2) is 8.42 Å². The first-order chi connectivity index (χ1) is 9.99. The largest absolute Gasteiger partial charge is 0.397 e. The van der Waals surface area contributed by atoms with Gasteiger partial charge in [-0.1, -0.05) is 30.3 Å². The van der Waals surface area contributed by atoms with Crippen molar-refractivity contribution in [2.45, 2.75) is 11.3 Å². The molecule has 0 saturated carbocycles. The number of nitrogen functional groups attached to an aromatic ring is 1. The van der Waals surface area contributed by atoms with E-state index < -0.39 is 9.84 Å². The Balaban J connectivity index is 1.97. The zero-order chi connectivity index (χ0) is 15.3. The van der Waals surface area contributed by atoms with Gasteiger partial charge in [-0.05, 0) is 24.3 Å². The van der Waals surface area contributed by atoms with Crippen molar-refractivity contribution in [1.82, 2.24) is 0 Å². The number of amides is 1. The van der Waals surface area contributed by atoms with Gasteiger partial charge in [0.1, 0.15) is 0 Å². The van der Waals surface area contributed by atoms with Crippen molar-refractivity contribution in [1.29, 1.82) is 0 Å². The summed E-state index contributed by atoms with van der Waals surface area (Å²) in [5.74, 6) is -0.623. The molecule has 0 unspecified atom stereocenters. The van der Waals surface area contributed by atoms with E-state index in [1.54, 1.807) is 42.5 Å². The van der Waals surface area contributed by atoms with Crippen LogP contribution in [0.5, 0.6) is 0 Å². The maximum Gasteiger partial charge on any atom is 0.225 e. The van der Waals surface area contributed by atoms with Gasteiger partial charge in [-0.2, -0.15) is 0 Å². The Labute approximate surface area is 123 Å². The monoisotopic (exact) mass is 304 g/mol. The number of nitrogens with one attached hydrogen (secondary N) is 1. The quantitative estimate of drug-likeness (QED) is 0.828. The minimum atomic E-state index is -3.45. The lowest BCUT2D eigenvalue weighted by Gasteiger charge is -2.08. The van der Waals surface area contributed by atoms with Crippen molar-refractivity contribution in [3.05, 3.63) is 54.6 Å². The summed E-state index contributed by atoms with van der Waals surface area (Å²) in [5, 5.41) is 2.61. The van der Waals surface area contributed by atoms with Gasteiger partial charge in [0, 0.05) is 6.42 Å². The van der Waals surface area contributed by atoms with Gasteiger partial charge >= 0.3 is 0 Å². The second-order valence-corrected chi connectivity index (χ2v) is 6.63. The Morgan fingerprint density at radius 2 is 1.62 bits per heavy atom. The smallest absolute Gasteiger partial charge is 0.225 e. The Bertz CT molecular complexity index is 728. The lowest BCUT2D eigenvalue weighted by Crippen LogP contribution is -2.18. The maximum atomic E-state index is 12.1. The number of nitrogens with two attached hydrogens (primary N) is 1. The van der Waals surface area contributed by atoms with Crippen LogP contribution in [-0.2, 0) is 14.6 Å². The molecule has 1 amide bonds. The van der Waals surface area contributed by atoms with Gasteiger partial charge in [0.25, 0.3) is 0 Å². The highest BCUT2D eigenvalue weighted by atomic mass is 32.2. The van der Waals surface area contributed by atoms with Gasteiger partial charge < -0.3 is 11.1 Å². The lowest BCUT2D eigenvalue weighted by atomic mass is 10.2. The molecule has 0 saturated heterocycles. The fourth-order valence-corrected chi connectivity index (χ4v) is 3.06. The minimum absolute atomic E-state index is 0.119. The summed E-state index contributed by atoms with van der Waals surface area (Å²) in [6, 6.07) is 14.9. The zero-order valence-electron chi connectivity index (χ0n) is 11.3. The highest BCUT2D eigenvalue weighted by Crippen LogP contribution is 2.17. The summed E-state index contributed by atoms with van der Waals surface area (Å²) in [6.45, 7) is 0. The van der Waals surface area contributed by atoms with Crippen molar-refractivity contribution >= 4 is 27.1 Å². The van der Waals surface area contributed by atoms with Crippen LogP contribution in [0.4, 0.5) is 11.4 Å². The predicted octanol–water partition coefficient (Wildman–Crippen LogP) is 2.07. The van der Waals surface area contributed by atoms with E-state index in [1.807, 2.05) is 0 Å². The zero-order valence-corrected chi connectivity index (χ0v) is 12.1. The molecule has 0 radical (unpaired) electrons. The minimum Gasteiger partial charge on any atom is -0.397 e. The Kier molecular flexibility index (Phi) is 4.59. The summed E-state index contributed by atoms with van der Waals surface area (Å²) in [7, 11) is -3.45. The van der Waals surface area contributed by atoms with Crippen molar-refractivity contribution < 1.29 is 13.2 Å². The van der Waals surface area contributed by atoms with Crippen LogP contribution in [-0.4, -0.2) is 20.1 Å². The molecule has 0 atom stereocenters. The third-order valence-electron chi connectivity index (χ3n) is 2.94. The lowest BCUT2D eigenvalue weighted by molar-refractivity contribution is -0.115. The van der Waals surface area contributed by atoms with E-state index in [4.69, 9.17) is 5.73 Å². The molecule has 110 valence electrons. The number of anilines is 2. The summed E-state index contributed by atoms with van der Waals surface area (Å²) >= 11 is 0. The average Bonchev–Trinajstić information content (AvgIpc) is 2.49. The van der Waals surface area contributed by atoms with Crippen LogP contribution in [0.3, 0.4) is 0 Å². The Morgan fingerprint density at radius 3 is 2.29 bits per heavy atom. The van der Waals surface area contributed by atoms with Crippen LogP contribution in [0.15, 0.2) is 59.5 Å². The molecule has 3 N–H and O–H groups in total. The maximum absolute atomic E-state index is 12.1. The van der Waals surface area contributed by atoms with Crippen molar-refractivity contribution in [2.24, 2.45) is 0 Å². The van der Waals surface area contributed by atoms with Crippen molar-refractivity contribution in [2.75, 3.05) is 16.8 Å². The molecule has 0 aromatic heterocycles. The van der Waals surface area contributed by atoms with E-state index in [-0.39, 0.29) is 23.0 Å². The molecule has 0 fully saturated rings. The molecule has 0 bridgehead atoms. The van der Waals surface area contributed by atoms with Gasteiger partial charge in [0.05, 0.1) is 22.0 Å². The summed E-state index contributed by atoms with van der Waals surface area (Å²) in [6.07, 6.45) is -0.119. The highest BCUT2D eigenvalue weighted by molar-refractivity contribution is 7.91. The molecule has 0 aliphatic heterocycles. The Hall–Kier alpha value is -2.34. The molecule has 5 nitrogen and oxygen atoms in total. The molecule has 0 spiro atoms. The Morgan fingerprint density at radius 1 is 1.00 bits per heavy atom. The molecule has 6 heteroatoms. The number of hydrogen-bond donors (Lipinski definition) is 2. The van der Waals surface area contributed by atoms with Gasteiger partial charge in [-0.3, -0.25) is 4.79 Å². The average molecular weight is 304 g/mol. The molecule has 2 rings (SSSR count). The first kappa shape index (κ1) is 15.1. The van der Waals surface area contributed by atoms with E-state index in [0.29, 0.717) is 11.4 Å². The number of carbonyl (C=O) groups is 1. The molecule has 21 heavy (non-hydrogen) atoms. The highest BCUT2D eigenvalue weighted by Gasteiger charge is 2.16. The van der Waals surface area contributed by atoms with E-state index in [2.05, 4.69) is 5.32 Å². The van der Waals surface area contributed by atoms with Crippen LogP contribution in [0, 0.1) is 0 Å². The number of sulfone groups is 1. The fourth-order valence-electron chi connectivity index (χ4n) is 1.80. The number of rotatable bonds is 5. The number of hydrogen-bond acceptors (Lipinski definition) is 4. The first-order valence-corrected chi connectivity index (χ1v) is 8.06. The topological polar surface area (TPSA) is 89.3 Å². The van der Waals surface area contributed by atoms with Gasteiger partial charge in [-0.15, -0.1) is 0 Å². The number of benzene rings is 2. The molecule has 0 heterocycles. The molecular formula is C15H16N2O3S. The van der Waals surface area contributed by atoms with Crippen molar-refractivity contribution in [3.8, 4) is 0 Å². The van der Waals surface area contributed by atoms with Crippen LogP contribution in [0.25, 0.3) is 0 Å². The molecule has 2 aromatic rings. The van der Waals surface area contributed by atoms with Crippen molar-refractivity contribution in [3.63, 3.8) is 0 Å². The molecule has 2 aromatic carbocycles. The second-order valence-electron chi connectivity index (χ2n) is 4.52. The third-order valence-corrected chi connectivity index (χ3v) is 4.67. The summed E-state index contributed by atoms with van der Waals surface area (Å²) < 4.78 is 24.1. The second kappa shape index (κ2) is 6.41. The van der Waals surface area contributed by atoms with E-state index in [9.17, 15) is 13.2 Å². The van der Waals surface area contributed by atoms with Crippen LogP contribution in [0.2, 0.25) is 0 Å². The number of para-hydroxylation sites is 2. The van der Waals surface area contributed by atoms with Gasteiger partial charge in [0.2, 0.25) is 5.91 Å². The van der Waals surface area contributed by atoms with Gasteiger partial charge in [0.15, 0.2) is 9.84 Å². The first-order valence-electron chi connectivity index (χ1n) is 6.41.